The number of carbonyl (C=O) groups excluding carboxylic acids is 3. The van der Waals surface area contributed by atoms with Gasteiger partial charge in [-0.25, -0.2) is 4.79 Å². The number of Topliss-reactive ketones (excluding diaryl/α,β-unsaturated/α-hetero) is 1. The zero-order valence-corrected chi connectivity index (χ0v) is 21.4. The Hall–Kier alpha value is -3.44. The standard InChI is InChI=1S/C30H31ClN2O3/c1-21(24-11-7-4-8-12-24)32-29(36)33-27(26(34)18-15-22-9-5-3-6-10-22)30(2,28(33)35)20-19-23-13-16-25(31)17-14-23/h3-14,16-17,21,27H,15,18-20H2,1-2H3,(H,32,36)/t21-,27-,30-/m1/s1. The zero-order valence-electron chi connectivity index (χ0n) is 20.6. The van der Waals surface area contributed by atoms with Crippen LogP contribution in [0.2, 0.25) is 5.02 Å². The lowest BCUT2D eigenvalue weighted by Gasteiger charge is -2.52. The highest BCUT2D eigenvalue weighted by Gasteiger charge is 2.62. The van der Waals surface area contributed by atoms with Gasteiger partial charge in [0.1, 0.15) is 6.04 Å². The maximum Gasteiger partial charge on any atom is 0.325 e. The number of hydrogen-bond acceptors (Lipinski definition) is 3. The van der Waals surface area contributed by atoms with Crippen LogP contribution in [0.3, 0.4) is 0 Å². The van der Waals surface area contributed by atoms with Crippen LogP contribution >= 0.6 is 11.6 Å². The van der Waals surface area contributed by atoms with Crippen LogP contribution < -0.4 is 5.32 Å². The molecule has 6 heteroatoms. The molecule has 4 rings (SSSR count). The summed E-state index contributed by atoms with van der Waals surface area (Å²) in [5, 5.41) is 3.55. The second-order valence-corrected chi connectivity index (χ2v) is 10.1. The normalized spacial score (nSPS) is 19.9. The monoisotopic (exact) mass is 502 g/mol. The summed E-state index contributed by atoms with van der Waals surface area (Å²) < 4.78 is 0. The van der Waals surface area contributed by atoms with Crippen LogP contribution in [0.25, 0.3) is 0 Å². The lowest BCUT2D eigenvalue weighted by molar-refractivity contribution is -0.169. The minimum Gasteiger partial charge on any atom is -0.331 e. The van der Waals surface area contributed by atoms with E-state index < -0.39 is 17.5 Å². The number of likely N-dealkylation sites (tertiary alicyclic amines) is 1. The van der Waals surface area contributed by atoms with Crippen molar-refractivity contribution in [2.24, 2.45) is 5.41 Å². The number of urea groups is 1. The number of amides is 3. The van der Waals surface area contributed by atoms with E-state index in [1.54, 1.807) is 6.92 Å². The predicted octanol–water partition coefficient (Wildman–Crippen LogP) is 6.16. The molecule has 0 radical (unpaired) electrons. The Balaban J connectivity index is 1.51. The third-order valence-electron chi connectivity index (χ3n) is 7.08. The molecule has 3 aromatic carbocycles. The van der Waals surface area contributed by atoms with Crippen molar-refractivity contribution in [2.45, 2.75) is 51.6 Å². The van der Waals surface area contributed by atoms with Gasteiger partial charge in [0, 0.05) is 11.4 Å². The number of β-lactam (4-membered cyclic amide) rings is 1. The molecule has 3 aromatic rings. The summed E-state index contributed by atoms with van der Waals surface area (Å²) in [6.45, 7) is 3.67. The summed E-state index contributed by atoms with van der Waals surface area (Å²) in [4.78, 5) is 41.3. The van der Waals surface area contributed by atoms with E-state index in [0.29, 0.717) is 24.3 Å². The maximum atomic E-state index is 13.5. The molecule has 1 saturated heterocycles. The number of nitrogens with one attached hydrogen (secondary N) is 1. The second kappa shape index (κ2) is 11.1. The van der Waals surface area contributed by atoms with Gasteiger partial charge in [-0.3, -0.25) is 14.5 Å². The fraction of sp³-hybridized carbons (Fsp3) is 0.300. The summed E-state index contributed by atoms with van der Waals surface area (Å²) >= 11 is 6.00. The van der Waals surface area contributed by atoms with Gasteiger partial charge in [0.2, 0.25) is 5.91 Å². The Bertz CT molecular complexity index is 1210. The molecule has 5 nitrogen and oxygen atoms in total. The van der Waals surface area contributed by atoms with Crippen molar-refractivity contribution in [3.05, 3.63) is 107 Å². The summed E-state index contributed by atoms with van der Waals surface area (Å²) in [5.41, 5.74) is 2.06. The Morgan fingerprint density at radius 1 is 0.917 bits per heavy atom. The molecule has 3 atom stereocenters. The maximum absolute atomic E-state index is 13.5. The smallest absolute Gasteiger partial charge is 0.325 e. The fourth-order valence-corrected chi connectivity index (χ4v) is 4.99. The third-order valence-corrected chi connectivity index (χ3v) is 7.33. The Kier molecular flexibility index (Phi) is 7.90. The van der Waals surface area contributed by atoms with E-state index in [1.807, 2.05) is 91.9 Å². The first kappa shape index (κ1) is 25.6. The van der Waals surface area contributed by atoms with Crippen LogP contribution in [0.1, 0.15) is 49.4 Å². The quantitative estimate of drug-likeness (QED) is 0.356. The lowest BCUT2D eigenvalue weighted by atomic mass is 9.66. The number of rotatable bonds is 9. The number of nitrogens with zero attached hydrogens (tertiary/aromatic N) is 1. The molecule has 1 N–H and O–H groups in total. The van der Waals surface area contributed by atoms with E-state index >= 15 is 0 Å². The van der Waals surface area contributed by atoms with Crippen LogP contribution in [0.15, 0.2) is 84.9 Å². The number of ketones is 1. The van der Waals surface area contributed by atoms with Crippen molar-refractivity contribution in [1.82, 2.24) is 10.2 Å². The van der Waals surface area contributed by atoms with Crippen molar-refractivity contribution in [3.63, 3.8) is 0 Å². The largest absolute Gasteiger partial charge is 0.331 e. The van der Waals surface area contributed by atoms with Crippen LogP contribution in [0.5, 0.6) is 0 Å². The molecule has 1 heterocycles. The first-order chi connectivity index (χ1) is 17.3. The number of hydrogen-bond donors (Lipinski definition) is 1. The first-order valence-electron chi connectivity index (χ1n) is 12.3. The molecule has 0 bridgehead atoms. The van der Waals surface area contributed by atoms with Gasteiger partial charge in [0.25, 0.3) is 0 Å². The molecule has 0 aliphatic carbocycles. The third kappa shape index (κ3) is 5.52. The highest BCUT2D eigenvalue weighted by atomic mass is 35.5. The van der Waals surface area contributed by atoms with Crippen molar-refractivity contribution in [3.8, 4) is 0 Å². The second-order valence-electron chi connectivity index (χ2n) is 9.66. The summed E-state index contributed by atoms with van der Waals surface area (Å²) in [7, 11) is 0. The Labute approximate surface area is 217 Å². The number of halogens is 1. The van der Waals surface area contributed by atoms with Crippen LogP contribution in [0.4, 0.5) is 4.79 Å². The molecule has 36 heavy (non-hydrogen) atoms. The summed E-state index contributed by atoms with van der Waals surface area (Å²) in [5.74, 6) is -0.410. The van der Waals surface area contributed by atoms with Crippen molar-refractivity contribution in [2.75, 3.05) is 0 Å². The van der Waals surface area contributed by atoms with E-state index in [0.717, 1.165) is 21.6 Å². The molecule has 0 saturated carbocycles. The van der Waals surface area contributed by atoms with E-state index in [-0.39, 0.29) is 24.2 Å². The van der Waals surface area contributed by atoms with E-state index in [2.05, 4.69) is 5.32 Å². The average molecular weight is 503 g/mol. The zero-order chi connectivity index (χ0) is 25.7. The summed E-state index contributed by atoms with van der Waals surface area (Å²) in [6.07, 6.45) is 1.90. The van der Waals surface area contributed by atoms with Crippen LogP contribution in [-0.2, 0) is 22.4 Å². The fourth-order valence-electron chi connectivity index (χ4n) is 4.86. The topological polar surface area (TPSA) is 66.5 Å². The molecule has 0 aromatic heterocycles. The average Bonchev–Trinajstić information content (AvgIpc) is 2.90. The van der Waals surface area contributed by atoms with Gasteiger partial charge in [-0.05, 0) is 61.9 Å². The minimum atomic E-state index is -0.944. The SMILES string of the molecule is C[C@@H](NC(=O)N1C(=O)[C@](C)(CCc2ccc(Cl)cc2)[C@H]1C(=O)CCc1ccccc1)c1ccccc1. The van der Waals surface area contributed by atoms with Crippen molar-refractivity contribution < 1.29 is 14.4 Å². The van der Waals surface area contributed by atoms with Gasteiger partial charge >= 0.3 is 6.03 Å². The van der Waals surface area contributed by atoms with Crippen molar-refractivity contribution >= 4 is 29.3 Å². The predicted molar refractivity (Wildman–Crippen MR) is 142 cm³/mol. The summed E-state index contributed by atoms with van der Waals surface area (Å²) in [6, 6.07) is 25.2. The molecule has 1 fully saturated rings. The number of carbonyl (C=O) groups is 3. The number of aryl methyl sites for hydroxylation is 2. The molecule has 3 amide bonds. The Morgan fingerprint density at radius 3 is 2.14 bits per heavy atom. The molecule has 0 spiro atoms. The molecule has 1 aliphatic rings. The molecule has 0 unspecified atom stereocenters. The highest BCUT2D eigenvalue weighted by Crippen LogP contribution is 2.44. The highest BCUT2D eigenvalue weighted by molar-refractivity contribution is 6.30. The minimum absolute atomic E-state index is 0.0976. The molecular formula is C30H31ClN2O3. The lowest BCUT2D eigenvalue weighted by Crippen LogP contribution is -2.73. The molecule has 186 valence electrons. The van der Waals surface area contributed by atoms with E-state index in [1.165, 1.54) is 0 Å². The van der Waals surface area contributed by atoms with Crippen molar-refractivity contribution in [1.29, 1.82) is 0 Å². The van der Waals surface area contributed by atoms with Gasteiger partial charge < -0.3 is 5.32 Å². The number of imide groups is 1. The first-order valence-corrected chi connectivity index (χ1v) is 12.7. The van der Waals surface area contributed by atoms with Crippen LogP contribution in [-0.4, -0.2) is 28.7 Å². The van der Waals surface area contributed by atoms with Gasteiger partial charge in [-0.1, -0.05) is 84.4 Å². The number of benzene rings is 3. The van der Waals surface area contributed by atoms with Gasteiger partial charge in [-0.15, -0.1) is 0 Å². The van der Waals surface area contributed by atoms with Gasteiger partial charge in [-0.2, -0.15) is 0 Å². The Morgan fingerprint density at radius 2 is 1.50 bits per heavy atom. The molecule has 1 aliphatic heterocycles. The van der Waals surface area contributed by atoms with Crippen LogP contribution in [0, 0.1) is 5.41 Å². The van der Waals surface area contributed by atoms with Gasteiger partial charge in [0.05, 0.1) is 11.5 Å². The van der Waals surface area contributed by atoms with E-state index in [4.69, 9.17) is 11.6 Å². The molecular weight excluding hydrogens is 472 g/mol. The van der Waals surface area contributed by atoms with Gasteiger partial charge in [0.15, 0.2) is 5.78 Å². The van der Waals surface area contributed by atoms with E-state index in [9.17, 15) is 14.4 Å².